The van der Waals surface area contributed by atoms with Gasteiger partial charge in [-0.2, -0.15) is 0 Å². The van der Waals surface area contributed by atoms with Crippen LogP contribution in [0, 0.1) is 0 Å². The van der Waals surface area contributed by atoms with E-state index in [1.54, 1.807) is 13.0 Å². The van der Waals surface area contributed by atoms with Gasteiger partial charge in [-0.15, -0.1) is 11.3 Å². The lowest BCUT2D eigenvalue weighted by atomic mass is 10.00. The third kappa shape index (κ3) is 3.32. The van der Waals surface area contributed by atoms with Gasteiger partial charge in [0.15, 0.2) is 0 Å². The van der Waals surface area contributed by atoms with Gasteiger partial charge in [0.05, 0.1) is 22.5 Å². The summed E-state index contributed by atoms with van der Waals surface area (Å²) in [7, 11) is 0. The Bertz CT molecular complexity index is 568. The lowest BCUT2D eigenvalue weighted by Crippen LogP contribution is -2.51. The summed E-state index contributed by atoms with van der Waals surface area (Å²) in [5.74, 6) is -0.175. The third-order valence-electron chi connectivity index (χ3n) is 3.06. The summed E-state index contributed by atoms with van der Waals surface area (Å²) < 4.78 is 0.697. The maximum atomic E-state index is 12.3. The number of carbonyl (C=O) groups excluding carboxylic acids is 2. The van der Waals surface area contributed by atoms with E-state index in [-0.39, 0.29) is 18.0 Å². The Labute approximate surface area is 126 Å². The van der Waals surface area contributed by atoms with Crippen molar-refractivity contribution in [2.24, 2.45) is 0 Å². The summed E-state index contributed by atoms with van der Waals surface area (Å²) in [6.07, 6.45) is 0.665. The van der Waals surface area contributed by atoms with Gasteiger partial charge < -0.3 is 16.0 Å². The fourth-order valence-corrected chi connectivity index (χ4v) is 3.14. The second-order valence-electron chi connectivity index (χ2n) is 4.49. The van der Waals surface area contributed by atoms with Crippen molar-refractivity contribution in [2.45, 2.75) is 32.9 Å². The molecule has 2 heterocycles. The van der Waals surface area contributed by atoms with Gasteiger partial charge in [0, 0.05) is 10.6 Å². The van der Waals surface area contributed by atoms with Crippen LogP contribution in [-0.2, 0) is 11.3 Å². The molecule has 0 aliphatic carbocycles. The minimum Gasteiger partial charge on any atom is -0.347 e. The second-order valence-corrected chi connectivity index (χ2v) is 6.29. The van der Waals surface area contributed by atoms with Crippen LogP contribution in [0.25, 0.3) is 0 Å². The highest BCUT2D eigenvalue weighted by molar-refractivity contribution is 7.16. The van der Waals surface area contributed by atoms with Crippen molar-refractivity contribution in [1.29, 1.82) is 0 Å². The Morgan fingerprint density at radius 2 is 2.25 bits per heavy atom. The van der Waals surface area contributed by atoms with Crippen LogP contribution < -0.4 is 16.0 Å². The predicted octanol–water partition coefficient (Wildman–Crippen LogP) is 2.38. The van der Waals surface area contributed by atoms with E-state index >= 15 is 0 Å². The molecule has 0 radical (unpaired) electrons. The van der Waals surface area contributed by atoms with E-state index in [0.29, 0.717) is 28.6 Å². The molecule has 0 saturated heterocycles. The molecule has 108 valence electrons. The lowest BCUT2D eigenvalue weighted by Gasteiger charge is -2.27. The number of thiophene rings is 1. The highest BCUT2D eigenvalue weighted by Gasteiger charge is 2.28. The molecule has 1 unspecified atom stereocenters. The first-order chi connectivity index (χ1) is 9.51. The monoisotopic (exact) mass is 313 g/mol. The number of allylic oxidation sites excluding steroid dienone is 1. The Balaban J connectivity index is 2.06. The minimum absolute atomic E-state index is 0.175. The van der Waals surface area contributed by atoms with Crippen molar-refractivity contribution in [3.05, 3.63) is 32.6 Å². The lowest BCUT2D eigenvalue weighted by molar-refractivity contribution is -0.118. The second kappa shape index (κ2) is 6.28. The highest BCUT2D eigenvalue weighted by atomic mass is 35.5. The normalized spacial score (nSPS) is 18.6. The van der Waals surface area contributed by atoms with Crippen molar-refractivity contribution in [3.8, 4) is 0 Å². The summed E-state index contributed by atoms with van der Waals surface area (Å²) in [4.78, 5) is 24.7. The average molecular weight is 314 g/mol. The van der Waals surface area contributed by atoms with Crippen LogP contribution in [0.15, 0.2) is 23.4 Å². The Kier molecular flexibility index (Phi) is 4.67. The van der Waals surface area contributed by atoms with E-state index in [0.717, 1.165) is 4.88 Å². The van der Waals surface area contributed by atoms with Gasteiger partial charge >= 0.3 is 6.03 Å². The van der Waals surface area contributed by atoms with Gasteiger partial charge in [-0.25, -0.2) is 4.79 Å². The van der Waals surface area contributed by atoms with E-state index in [1.807, 2.05) is 13.0 Å². The van der Waals surface area contributed by atoms with Gasteiger partial charge in [-0.1, -0.05) is 18.5 Å². The molecule has 3 N–H and O–H groups in total. The van der Waals surface area contributed by atoms with Gasteiger partial charge in [-0.3, -0.25) is 4.79 Å². The van der Waals surface area contributed by atoms with E-state index in [2.05, 4.69) is 16.0 Å². The van der Waals surface area contributed by atoms with E-state index in [9.17, 15) is 9.59 Å². The van der Waals surface area contributed by atoms with E-state index in [4.69, 9.17) is 11.6 Å². The summed E-state index contributed by atoms with van der Waals surface area (Å²) in [6, 6.07) is 3.16. The Morgan fingerprint density at radius 3 is 2.85 bits per heavy atom. The first-order valence-corrected chi connectivity index (χ1v) is 7.51. The molecule has 1 aliphatic rings. The summed E-state index contributed by atoms with van der Waals surface area (Å²) in [5.41, 5.74) is 1.18. The van der Waals surface area contributed by atoms with Crippen LogP contribution in [0.3, 0.4) is 0 Å². The molecule has 5 nitrogen and oxygen atoms in total. The molecule has 1 atom stereocenters. The molecule has 0 saturated carbocycles. The first-order valence-electron chi connectivity index (χ1n) is 6.32. The number of halogens is 1. The molecule has 1 aromatic rings. The zero-order chi connectivity index (χ0) is 14.7. The molecule has 0 spiro atoms. The van der Waals surface area contributed by atoms with Crippen LogP contribution in [0.1, 0.15) is 25.1 Å². The van der Waals surface area contributed by atoms with Gasteiger partial charge in [-0.05, 0) is 25.5 Å². The molecule has 1 aromatic heterocycles. The molecular formula is C13H16ClN3O2S. The van der Waals surface area contributed by atoms with Crippen molar-refractivity contribution >= 4 is 34.9 Å². The maximum Gasteiger partial charge on any atom is 0.319 e. The molecular weight excluding hydrogens is 298 g/mol. The number of urea groups is 1. The van der Waals surface area contributed by atoms with Crippen molar-refractivity contribution in [3.63, 3.8) is 0 Å². The SMILES string of the molecule is CCC1NC(=O)NC(C)=C1C(=O)NCc1ccc(Cl)s1. The molecule has 0 bridgehead atoms. The number of hydrogen-bond donors (Lipinski definition) is 3. The Hall–Kier alpha value is -1.53. The molecule has 20 heavy (non-hydrogen) atoms. The molecule has 2 rings (SSSR count). The molecule has 3 amide bonds. The van der Waals surface area contributed by atoms with Gasteiger partial charge in [0.25, 0.3) is 5.91 Å². The highest BCUT2D eigenvalue weighted by Crippen LogP contribution is 2.21. The van der Waals surface area contributed by atoms with Crippen molar-refractivity contribution in [1.82, 2.24) is 16.0 Å². The van der Waals surface area contributed by atoms with Crippen LogP contribution in [0.2, 0.25) is 4.34 Å². The third-order valence-corrected chi connectivity index (χ3v) is 4.29. The Morgan fingerprint density at radius 1 is 1.50 bits per heavy atom. The van der Waals surface area contributed by atoms with Crippen LogP contribution >= 0.6 is 22.9 Å². The van der Waals surface area contributed by atoms with Gasteiger partial charge in [0.2, 0.25) is 0 Å². The molecule has 0 aromatic carbocycles. The minimum atomic E-state index is -0.268. The molecule has 7 heteroatoms. The fraction of sp³-hybridized carbons (Fsp3) is 0.385. The number of nitrogens with one attached hydrogen (secondary N) is 3. The van der Waals surface area contributed by atoms with Crippen molar-refractivity contribution < 1.29 is 9.59 Å². The summed E-state index contributed by atoms with van der Waals surface area (Å²) in [6.45, 7) is 4.09. The van der Waals surface area contributed by atoms with E-state index in [1.165, 1.54) is 11.3 Å². The number of amides is 3. The van der Waals surface area contributed by atoms with Crippen molar-refractivity contribution in [2.75, 3.05) is 0 Å². The molecule has 0 fully saturated rings. The number of rotatable bonds is 4. The largest absolute Gasteiger partial charge is 0.347 e. The number of carbonyl (C=O) groups is 2. The topological polar surface area (TPSA) is 70.2 Å². The zero-order valence-corrected chi connectivity index (χ0v) is 12.8. The number of hydrogen-bond acceptors (Lipinski definition) is 3. The standard InChI is InChI=1S/C13H16ClN3O2S/c1-3-9-11(7(2)16-13(19)17-9)12(18)15-6-8-4-5-10(14)20-8/h4-5,9H,3,6H2,1-2H3,(H,15,18)(H2,16,17,19). The van der Waals surface area contributed by atoms with Crippen LogP contribution in [0.4, 0.5) is 4.79 Å². The summed E-state index contributed by atoms with van der Waals surface area (Å²) >= 11 is 7.28. The van der Waals surface area contributed by atoms with E-state index < -0.39 is 0 Å². The van der Waals surface area contributed by atoms with Crippen LogP contribution in [0.5, 0.6) is 0 Å². The van der Waals surface area contributed by atoms with Crippen LogP contribution in [-0.4, -0.2) is 18.0 Å². The quantitative estimate of drug-likeness (QED) is 0.798. The summed E-state index contributed by atoms with van der Waals surface area (Å²) in [5, 5.41) is 8.22. The molecule has 1 aliphatic heterocycles. The zero-order valence-electron chi connectivity index (χ0n) is 11.2. The average Bonchev–Trinajstić information content (AvgIpc) is 2.80. The smallest absolute Gasteiger partial charge is 0.319 e. The fourth-order valence-electron chi connectivity index (χ4n) is 2.11. The first kappa shape index (κ1) is 14.9. The maximum absolute atomic E-state index is 12.3. The van der Waals surface area contributed by atoms with Gasteiger partial charge in [0.1, 0.15) is 0 Å². The predicted molar refractivity (Wildman–Crippen MR) is 79.6 cm³/mol.